The average molecular weight is 327 g/mol. The molecule has 0 radical (unpaired) electrons. The van der Waals surface area contributed by atoms with Gasteiger partial charge in [-0.05, 0) is 30.5 Å². The van der Waals surface area contributed by atoms with Gasteiger partial charge in [0, 0.05) is 24.5 Å². The van der Waals surface area contributed by atoms with E-state index < -0.39 is 12.2 Å². The largest absolute Gasteiger partial charge is 0.465 e. The minimum Gasteiger partial charge on any atom is -0.465 e. The zero-order valence-electron chi connectivity index (χ0n) is 12.3. The van der Waals surface area contributed by atoms with Crippen molar-refractivity contribution in [2.24, 2.45) is 0 Å². The minimum atomic E-state index is -1.13. The highest BCUT2D eigenvalue weighted by Crippen LogP contribution is 2.33. The molecule has 2 rings (SSSR count). The summed E-state index contributed by atoms with van der Waals surface area (Å²) >= 11 is 6.08. The number of hydrogen-bond acceptors (Lipinski definition) is 3. The van der Waals surface area contributed by atoms with E-state index in [2.05, 4.69) is 5.32 Å². The number of amides is 2. The van der Waals surface area contributed by atoms with E-state index in [4.69, 9.17) is 16.7 Å². The molecule has 1 unspecified atom stereocenters. The third-order valence-corrected chi connectivity index (χ3v) is 4.41. The zero-order chi connectivity index (χ0) is 16.3. The van der Waals surface area contributed by atoms with E-state index in [9.17, 15) is 14.7 Å². The number of rotatable bonds is 5. The Kier molecular flexibility index (Phi) is 5.26. The molecule has 0 bridgehead atoms. The van der Waals surface area contributed by atoms with Crippen molar-refractivity contribution in [3.8, 4) is 0 Å². The summed E-state index contributed by atoms with van der Waals surface area (Å²) in [6.45, 7) is 2.21. The van der Waals surface area contributed by atoms with Crippen LogP contribution in [0.4, 0.5) is 4.79 Å². The van der Waals surface area contributed by atoms with Crippen LogP contribution in [0.2, 0.25) is 5.02 Å². The van der Waals surface area contributed by atoms with E-state index >= 15 is 0 Å². The Bertz CT molecular complexity index is 579. The summed E-state index contributed by atoms with van der Waals surface area (Å²) in [6, 6.07) is 4.95. The van der Waals surface area contributed by atoms with Crippen molar-refractivity contribution in [2.75, 3.05) is 13.1 Å². The Morgan fingerprint density at radius 1 is 1.55 bits per heavy atom. The standard InChI is InChI=1S/C15H19ClN2O4/c1-9-10(3-2-4-11(9)16)14(20)12-5-6-13(19)18(12)8-7-17-15(21)22/h2-4,12,14,17,20H,5-8H2,1H3,(H,21,22)/t12-,14?/m0/s1. The van der Waals surface area contributed by atoms with Gasteiger partial charge in [-0.25, -0.2) is 4.79 Å². The number of nitrogens with one attached hydrogen (secondary N) is 1. The molecule has 2 amide bonds. The van der Waals surface area contributed by atoms with Gasteiger partial charge in [0.1, 0.15) is 0 Å². The molecule has 1 saturated heterocycles. The van der Waals surface area contributed by atoms with Crippen LogP contribution in [0.1, 0.15) is 30.1 Å². The van der Waals surface area contributed by atoms with Crippen LogP contribution >= 0.6 is 11.6 Å². The minimum absolute atomic E-state index is 0.0732. The number of likely N-dealkylation sites (tertiary alicyclic amines) is 1. The Labute approximate surface area is 133 Å². The van der Waals surface area contributed by atoms with Crippen LogP contribution < -0.4 is 5.32 Å². The van der Waals surface area contributed by atoms with Gasteiger partial charge in [-0.15, -0.1) is 0 Å². The molecular formula is C15H19ClN2O4. The smallest absolute Gasteiger partial charge is 0.404 e. The van der Waals surface area contributed by atoms with E-state index in [1.165, 1.54) is 0 Å². The van der Waals surface area contributed by atoms with E-state index in [-0.39, 0.29) is 25.0 Å². The first kappa shape index (κ1) is 16.6. The van der Waals surface area contributed by atoms with Crippen LogP contribution in [0.3, 0.4) is 0 Å². The van der Waals surface area contributed by atoms with E-state index in [0.29, 0.717) is 23.4 Å². The fraction of sp³-hybridized carbons (Fsp3) is 0.467. The molecule has 1 heterocycles. The summed E-state index contributed by atoms with van der Waals surface area (Å²) in [4.78, 5) is 24.0. The molecule has 22 heavy (non-hydrogen) atoms. The molecule has 1 fully saturated rings. The topological polar surface area (TPSA) is 89.9 Å². The molecule has 120 valence electrons. The molecule has 0 saturated carbocycles. The van der Waals surface area contributed by atoms with Crippen LogP contribution in [0, 0.1) is 6.92 Å². The molecule has 1 aliphatic heterocycles. The van der Waals surface area contributed by atoms with Crippen molar-refractivity contribution in [2.45, 2.75) is 31.9 Å². The summed E-state index contributed by atoms with van der Waals surface area (Å²) in [6.07, 6.45) is -1.07. The molecule has 7 heteroatoms. The first-order chi connectivity index (χ1) is 10.4. The first-order valence-corrected chi connectivity index (χ1v) is 7.49. The van der Waals surface area contributed by atoms with Crippen molar-refractivity contribution in [1.82, 2.24) is 10.2 Å². The lowest BCUT2D eigenvalue weighted by Crippen LogP contribution is -2.42. The molecule has 1 aromatic rings. The average Bonchev–Trinajstić information content (AvgIpc) is 2.82. The van der Waals surface area contributed by atoms with Gasteiger partial charge in [-0.3, -0.25) is 4.79 Å². The van der Waals surface area contributed by atoms with Crippen LogP contribution in [-0.2, 0) is 4.79 Å². The number of nitrogens with zero attached hydrogens (tertiary/aromatic N) is 1. The maximum Gasteiger partial charge on any atom is 0.404 e. The van der Waals surface area contributed by atoms with Crippen LogP contribution in [0.5, 0.6) is 0 Å². The lowest BCUT2D eigenvalue weighted by atomic mass is 9.96. The SMILES string of the molecule is Cc1c(Cl)cccc1C(O)[C@@H]1CCC(=O)N1CCNC(=O)O. The van der Waals surface area contributed by atoms with Crippen molar-refractivity contribution in [1.29, 1.82) is 0 Å². The normalized spacial score (nSPS) is 19.3. The van der Waals surface area contributed by atoms with Gasteiger partial charge in [0.15, 0.2) is 0 Å². The first-order valence-electron chi connectivity index (χ1n) is 7.11. The second-order valence-electron chi connectivity index (χ2n) is 5.32. The molecule has 0 spiro atoms. The van der Waals surface area contributed by atoms with Gasteiger partial charge >= 0.3 is 6.09 Å². The molecule has 3 N–H and O–H groups in total. The van der Waals surface area contributed by atoms with Crippen LogP contribution in [-0.4, -0.2) is 46.2 Å². The van der Waals surface area contributed by atoms with Gasteiger partial charge in [0.2, 0.25) is 5.91 Å². The maximum atomic E-state index is 12.0. The highest BCUT2D eigenvalue weighted by Gasteiger charge is 2.36. The number of carbonyl (C=O) groups is 2. The molecule has 0 aromatic heterocycles. The third kappa shape index (κ3) is 3.51. The zero-order valence-corrected chi connectivity index (χ0v) is 13.0. The summed E-state index contributed by atoms with van der Waals surface area (Å²) in [5.74, 6) is -0.0732. The summed E-state index contributed by atoms with van der Waals surface area (Å²) in [5.41, 5.74) is 1.49. The second-order valence-corrected chi connectivity index (χ2v) is 5.73. The fourth-order valence-electron chi connectivity index (χ4n) is 2.81. The van der Waals surface area contributed by atoms with Crippen molar-refractivity contribution in [3.05, 3.63) is 34.3 Å². The number of carboxylic acid groups (broad SMARTS) is 1. The predicted molar refractivity (Wildman–Crippen MR) is 81.9 cm³/mol. The number of aliphatic hydroxyl groups is 1. The van der Waals surface area contributed by atoms with Crippen molar-refractivity contribution < 1.29 is 19.8 Å². The third-order valence-electron chi connectivity index (χ3n) is 4.00. The van der Waals surface area contributed by atoms with Crippen LogP contribution in [0.25, 0.3) is 0 Å². The Morgan fingerprint density at radius 2 is 2.27 bits per heavy atom. The maximum absolute atomic E-state index is 12.0. The monoisotopic (exact) mass is 326 g/mol. The highest BCUT2D eigenvalue weighted by atomic mass is 35.5. The number of hydrogen-bond donors (Lipinski definition) is 3. The van der Waals surface area contributed by atoms with Crippen LogP contribution in [0.15, 0.2) is 18.2 Å². The number of halogens is 1. The van der Waals surface area contributed by atoms with Gasteiger partial charge < -0.3 is 20.4 Å². The summed E-state index contributed by atoms with van der Waals surface area (Å²) in [7, 11) is 0. The van der Waals surface area contributed by atoms with Crippen molar-refractivity contribution >= 4 is 23.6 Å². The van der Waals surface area contributed by atoms with Gasteiger partial charge in [-0.2, -0.15) is 0 Å². The van der Waals surface area contributed by atoms with E-state index in [0.717, 1.165) is 5.56 Å². The van der Waals surface area contributed by atoms with Gasteiger partial charge in [-0.1, -0.05) is 23.7 Å². The van der Waals surface area contributed by atoms with Gasteiger partial charge in [0.25, 0.3) is 0 Å². The molecule has 1 aliphatic rings. The fourth-order valence-corrected chi connectivity index (χ4v) is 2.99. The van der Waals surface area contributed by atoms with Crippen molar-refractivity contribution in [3.63, 3.8) is 0 Å². The quantitative estimate of drug-likeness (QED) is 0.771. The number of benzene rings is 1. The molecule has 0 aliphatic carbocycles. The number of aliphatic hydroxyl groups excluding tert-OH is 1. The highest BCUT2D eigenvalue weighted by molar-refractivity contribution is 6.31. The lowest BCUT2D eigenvalue weighted by Gasteiger charge is -2.29. The van der Waals surface area contributed by atoms with Gasteiger partial charge in [0.05, 0.1) is 12.1 Å². The Hall–Kier alpha value is -1.79. The summed E-state index contributed by atoms with van der Waals surface area (Å²) < 4.78 is 0. The Balaban J connectivity index is 2.13. The van der Waals surface area contributed by atoms with E-state index in [1.807, 2.05) is 6.92 Å². The Morgan fingerprint density at radius 3 is 2.95 bits per heavy atom. The lowest BCUT2D eigenvalue weighted by molar-refractivity contribution is -0.130. The molecule has 2 atom stereocenters. The summed E-state index contributed by atoms with van der Waals surface area (Å²) in [5, 5.41) is 22.0. The molecule has 6 nitrogen and oxygen atoms in total. The molecular weight excluding hydrogens is 308 g/mol. The number of carbonyl (C=O) groups excluding carboxylic acids is 1. The predicted octanol–water partition coefficient (Wildman–Crippen LogP) is 1.94. The second kappa shape index (κ2) is 6.98. The van der Waals surface area contributed by atoms with E-state index in [1.54, 1.807) is 23.1 Å². The molecule has 1 aromatic carbocycles.